The van der Waals surface area contributed by atoms with Gasteiger partial charge in [-0.3, -0.25) is 14.4 Å². The van der Waals surface area contributed by atoms with E-state index in [-0.39, 0.29) is 33.1 Å². The summed E-state index contributed by atoms with van der Waals surface area (Å²) >= 11 is 1.14. The first-order valence-electron chi connectivity index (χ1n) is 10.5. The second-order valence-corrected chi connectivity index (χ2v) is 8.91. The topological polar surface area (TPSA) is 69.7 Å². The molecule has 1 aliphatic rings. The summed E-state index contributed by atoms with van der Waals surface area (Å²) < 4.78 is 11.1. The zero-order valence-electron chi connectivity index (χ0n) is 19.1. The molecule has 2 aromatic rings. The molecule has 5 nitrogen and oxygen atoms in total. The zero-order chi connectivity index (χ0) is 24.0. The van der Waals surface area contributed by atoms with Crippen LogP contribution in [0.4, 0.5) is 0 Å². The predicted molar refractivity (Wildman–Crippen MR) is 132 cm³/mol. The smallest absolute Gasteiger partial charge is 0.212 e. The average molecular weight is 463 g/mol. The molecule has 0 bridgehead atoms. The maximum Gasteiger partial charge on any atom is 0.212 e. The van der Waals surface area contributed by atoms with E-state index >= 15 is 0 Å². The maximum atomic E-state index is 12.9. The van der Waals surface area contributed by atoms with Gasteiger partial charge in [0.05, 0.1) is 25.3 Å². The fourth-order valence-corrected chi connectivity index (χ4v) is 4.49. The predicted octanol–water partition coefficient (Wildman–Crippen LogP) is 6.01. The normalized spacial score (nSPS) is 13.6. The number of thioether (sulfide) groups is 1. The lowest BCUT2D eigenvalue weighted by atomic mass is 9.89. The van der Waals surface area contributed by atoms with Gasteiger partial charge in [-0.25, -0.2) is 0 Å². The van der Waals surface area contributed by atoms with Crippen molar-refractivity contribution >= 4 is 34.5 Å². The average Bonchev–Trinajstić information content (AvgIpc) is 2.82. The summed E-state index contributed by atoms with van der Waals surface area (Å²) in [5, 5.41) is -0.483. The molecule has 0 aliphatic heterocycles. The Bertz CT molecular complexity index is 1150. The van der Waals surface area contributed by atoms with Crippen molar-refractivity contribution < 1.29 is 23.9 Å². The van der Waals surface area contributed by atoms with Crippen LogP contribution in [0.15, 0.2) is 66.3 Å². The molecule has 0 aromatic heterocycles. The molecule has 0 saturated carbocycles. The number of hydrogen-bond donors (Lipinski definition) is 0. The van der Waals surface area contributed by atoms with Crippen molar-refractivity contribution in [2.75, 3.05) is 14.2 Å². The Hall–Kier alpha value is -3.38. The fourth-order valence-electron chi connectivity index (χ4n) is 3.57. The SMILES string of the molecule is COc1cc(C(CC=C(C)C)SC(=O)C=Cc2ccccc2)c(OC)c2c1C(=O)C=CC2=O. The molecule has 0 fully saturated rings. The molecular weight excluding hydrogens is 436 g/mol. The number of benzene rings is 2. The van der Waals surface area contributed by atoms with Crippen LogP contribution in [0.1, 0.15) is 57.4 Å². The Kier molecular flexibility index (Phi) is 8.06. The first-order chi connectivity index (χ1) is 15.8. The van der Waals surface area contributed by atoms with Gasteiger partial charge in [-0.1, -0.05) is 59.8 Å². The Morgan fingerprint density at radius 2 is 1.67 bits per heavy atom. The molecule has 1 unspecified atom stereocenters. The van der Waals surface area contributed by atoms with Crippen LogP contribution in [-0.2, 0) is 4.79 Å². The summed E-state index contributed by atoms with van der Waals surface area (Å²) in [6, 6.07) is 11.3. The lowest BCUT2D eigenvalue weighted by Gasteiger charge is -2.23. The van der Waals surface area contributed by atoms with E-state index in [9.17, 15) is 14.4 Å². The quantitative estimate of drug-likeness (QED) is 0.353. The number of hydrogen-bond acceptors (Lipinski definition) is 6. The number of rotatable bonds is 8. The van der Waals surface area contributed by atoms with Crippen LogP contribution < -0.4 is 9.47 Å². The third kappa shape index (κ3) is 5.71. The van der Waals surface area contributed by atoms with Gasteiger partial charge in [0.1, 0.15) is 11.5 Å². The van der Waals surface area contributed by atoms with Gasteiger partial charge in [-0.2, -0.15) is 0 Å². The summed E-state index contributed by atoms with van der Waals surface area (Å²) in [5.74, 6) is -0.0592. The maximum absolute atomic E-state index is 12.9. The van der Waals surface area contributed by atoms with E-state index < -0.39 is 0 Å². The first kappa shape index (κ1) is 24.3. The number of carbonyl (C=O) groups is 3. The van der Waals surface area contributed by atoms with E-state index in [4.69, 9.17) is 9.47 Å². The van der Waals surface area contributed by atoms with E-state index in [1.54, 1.807) is 12.1 Å². The Morgan fingerprint density at radius 1 is 1.00 bits per heavy atom. The number of methoxy groups -OCH3 is 2. The lowest BCUT2D eigenvalue weighted by molar-refractivity contribution is -0.107. The van der Waals surface area contributed by atoms with Gasteiger partial charge < -0.3 is 9.47 Å². The molecule has 3 rings (SSSR count). The summed E-state index contributed by atoms with van der Waals surface area (Å²) in [7, 11) is 2.91. The fraction of sp³-hybridized carbons (Fsp3) is 0.222. The molecule has 0 amide bonds. The van der Waals surface area contributed by atoms with E-state index in [0.29, 0.717) is 23.5 Å². The summed E-state index contributed by atoms with van der Waals surface area (Å²) in [6.07, 6.45) is 8.35. The summed E-state index contributed by atoms with van der Waals surface area (Å²) in [5.41, 5.74) is 3.02. The second kappa shape index (κ2) is 11.0. The highest BCUT2D eigenvalue weighted by atomic mass is 32.2. The molecule has 2 aromatic carbocycles. The van der Waals surface area contributed by atoms with Gasteiger partial charge in [0.15, 0.2) is 11.6 Å². The molecule has 33 heavy (non-hydrogen) atoms. The van der Waals surface area contributed by atoms with Crippen molar-refractivity contribution in [3.05, 3.63) is 88.5 Å². The highest BCUT2D eigenvalue weighted by molar-refractivity contribution is 8.14. The highest BCUT2D eigenvalue weighted by Crippen LogP contribution is 2.45. The number of ketones is 2. The lowest BCUT2D eigenvalue weighted by Crippen LogP contribution is -2.17. The number of allylic oxidation sites excluding steroid dienone is 4. The van der Waals surface area contributed by atoms with Gasteiger partial charge in [0.25, 0.3) is 0 Å². The van der Waals surface area contributed by atoms with Crippen molar-refractivity contribution in [1.82, 2.24) is 0 Å². The van der Waals surface area contributed by atoms with Crippen molar-refractivity contribution in [1.29, 1.82) is 0 Å². The minimum absolute atomic E-state index is 0.132. The van der Waals surface area contributed by atoms with Crippen LogP contribution in [0.3, 0.4) is 0 Å². The second-order valence-electron chi connectivity index (χ2n) is 7.70. The van der Waals surface area contributed by atoms with Gasteiger partial charge in [-0.15, -0.1) is 0 Å². The number of carbonyl (C=O) groups excluding carboxylic acids is 3. The zero-order valence-corrected chi connectivity index (χ0v) is 19.9. The van der Waals surface area contributed by atoms with Crippen molar-refractivity contribution in [2.24, 2.45) is 0 Å². The molecule has 6 heteroatoms. The van der Waals surface area contributed by atoms with E-state index in [0.717, 1.165) is 22.9 Å². The third-order valence-electron chi connectivity index (χ3n) is 5.13. The molecule has 0 N–H and O–H groups in total. The van der Waals surface area contributed by atoms with Crippen LogP contribution in [0.2, 0.25) is 0 Å². The van der Waals surface area contributed by atoms with Crippen LogP contribution in [0.25, 0.3) is 6.08 Å². The van der Waals surface area contributed by atoms with Crippen LogP contribution in [-0.4, -0.2) is 30.9 Å². The minimum atomic E-state index is -0.351. The molecule has 1 aliphatic carbocycles. The molecule has 0 saturated heterocycles. The third-order valence-corrected chi connectivity index (χ3v) is 6.23. The van der Waals surface area contributed by atoms with Crippen LogP contribution in [0, 0.1) is 0 Å². The Morgan fingerprint density at radius 3 is 2.27 bits per heavy atom. The standard InChI is InChI=1S/C27H26O5S/c1-17(2)10-14-23(33-24(30)15-11-18-8-6-5-7-9-18)19-16-22(31-3)25-20(28)12-13-21(29)26(25)27(19)32-4/h5-13,15-16,23H,14H2,1-4H3. The summed E-state index contributed by atoms with van der Waals surface area (Å²) in [6.45, 7) is 3.97. The molecule has 0 heterocycles. The van der Waals surface area contributed by atoms with Gasteiger partial charge in [-0.05, 0) is 50.1 Å². The number of fused-ring (bicyclic) bond motifs is 1. The molecule has 1 atom stereocenters. The van der Waals surface area contributed by atoms with Crippen LogP contribution in [0.5, 0.6) is 11.5 Å². The van der Waals surface area contributed by atoms with Gasteiger partial charge in [0, 0.05) is 10.8 Å². The molecule has 0 radical (unpaired) electrons. The van der Waals surface area contributed by atoms with Crippen molar-refractivity contribution in [3.8, 4) is 11.5 Å². The molecule has 0 spiro atoms. The van der Waals surface area contributed by atoms with E-state index in [2.05, 4.69) is 0 Å². The summed E-state index contributed by atoms with van der Waals surface area (Å²) in [4.78, 5) is 38.1. The van der Waals surface area contributed by atoms with E-state index in [1.165, 1.54) is 32.4 Å². The minimum Gasteiger partial charge on any atom is -0.496 e. The number of ether oxygens (including phenoxy) is 2. The highest BCUT2D eigenvalue weighted by Gasteiger charge is 2.32. The molecular formula is C27H26O5S. The van der Waals surface area contributed by atoms with Gasteiger partial charge in [0.2, 0.25) is 5.12 Å². The Labute approximate surface area is 198 Å². The van der Waals surface area contributed by atoms with Gasteiger partial charge >= 0.3 is 0 Å². The largest absolute Gasteiger partial charge is 0.496 e. The molecule has 170 valence electrons. The van der Waals surface area contributed by atoms with Crippen LogP contribution >= 0.6 is 11.8 Å². The monoisotopic (exact) mass is 462 g/mol. The van der Waals surface area contributed by atoms with Crippen molar-refractivity contribution in [3.63, 3.8) is 0 Å². The Balaban J connectivity index is 2.05. The first-order valence-corrected chi connectivity index (χ1v) is 11.4. The van der Waals surface area contributed by atoms with E-state index in [1.807, 2.05) is 50.3 Å². The van der Waals surface area contributed by atoms with Crippen molar-refractivity contribution in [2.45, 2.75) is 25.5 Å².